The van der Waals surface area contributed by atoms with Crippen molar-refractivity contribution in [1.29, 1.82) is 0 Å². The zero-order valence-electron chi connectivity index (χ0n) is 17.5. The summed E-state index contributed by atoms with van der Waals surface area (Å²) >= 11 is 6.38. The van der Waals surface area contributed by atoms with Crippen molar-refractivity contribution in [2.75, 3.05) is 40.5 Å². The number of methoxy groups -OCH3 is 2. The molecular formula is C24H24ClNO5. The van der Waals surface area contributed by atoms with E-state index in [1.807, 2.05) is 18.2 Å². The average Bonchev–Trinajstić information content (AvgIpc) is 2.81. The molecule has 1 amide bonds. The molecule has 7 heteroatoms. The van der Waals surface area contributed by atoms with Crippen LogP contribution in [-0.2, 0) is 9.53 Å². The molecule has 1 aliphatic rings. The molecule has 0 N–H and O–H groups in total. The van der Waals surface area contributed by atoms with Crippen LogP contribution in [0.2, 0.25) is 5.02 Å². The molecule has 0 saturated carbocycles. The summed E-state index contributed by atoms with van der Waals surface area (Å²) in [6.07, 6.45) is 8.34. The molecule has 0 radical (unpaired) electrons. The number of carbonyl (C=O) groups is 1. The van der Waals surface area contributed by atoms with Crippen molar-refractivity contribution < 1.29 is 23.7 Å². The Balaban J connectivity index is 1.60. The summed E-state index contributed by atoms with van der Waals surface area (Å²) in [7, 11) is 3.05. The number of hydrogen-bond donors (Lipinski definition) is 0. The van der Waals surface area contributed by atoms with Gasteiger partial charge in [0.25, 0.3) is 0 Å². The van der Waals surface area contributed by atoms with E-state index in [-0.39, 0.29) is 12.0 Å². The van der Waals surface area contributed by atoms with E-state index >= 15 is 0 Å². The van der Waals surface area contributed by atoms with Crippen molar-refractivity contribution in [3.63, 3.8) is 0 Å². The third kappa shape index (κ3) is 5.72. The van der Waals surface area contributed by atoms with Gasteiger partial charge in [-0.3, -0.25) is 4.79 Å². The first-order valence-electron chi connectivity index (χ1n) is 9.74. The maximum atomic E-state index is 12.7. The van der Waals surface area contributed by atoms with E-state index in [1.165, 1.54) is 20.3 Å². The minimum Gasteiger partial charge on any atom is -0.493 e. The quantitative estimate of drug-likeness (QED) is 0.485. The molecule has 1 atom stereocenters. The molecule has 0 bridgehead atoms. The lowest BCUT2D eigenvalue weighted by molar-refractivity contribution is -0.134. The van der Waals surface area contributed by atoms with Crippen molar-refractivity contribution in [3.8, 4) is 29.6 Å². The number of ether oxygens (including phenoxy) is 4. The Morgan fingerprint density at radius 2 is 2.16 bits per heavy atom. The molecule has 1 fully saturated rings. The van der Waals surface area contributed by atoms with Crippen LogP contribution < -0.4 is 14.2 Å². The van der Waals surface area contributed by atoms with Crippen molar-refractivity contribution in [2.45, 2.75) is 6.10 Å². The Hall–Kier alpha value is -3.14. The van der Waals surface area contributed by atoms with Crippen LogP contribution in [0.5, 0.6) is 17.2 Å². The summed E-state index contributed by atoms with van der Waals surface area (Å²) in [6, 6.07) is 10.8. The monoisotopic (exact) mass is 441 g/mol. The van der Waals surface area contributed by atoms with E-state index in [1.54, 1.807) is 29.2 Å². The molecule has 6 nitrogen and oxygen atoms in total. The fraction of sp³-hybridized carbons (Fsp3) is 0.292. The topological polar surface area (TPSA) is 57.2 Å². The number of hydrogen-bond acceptors (Lipinski definition) is 5. The van der Waals surface area contributed by atoms with Gasteiger partial charge in [0.1, 0.15) is 18.5 Å². The summed E-state index contributed by atoms with van der Waals surface area (Å²) in [5.74, 6) is 4.07. The number of nitrogens with zero attached hydrogens (tertiary/aromatic N) is 1. The second-order valence-electron chi connectivity index (χ2n) is 6.80. The molecule has 3 rings (SSSR count). The average molecular weight is 442 g/mol. The number of terminal acetylenes is 1. The van der Waals surface area contributed by atoms with Crippen LogP contribution in [0.1, 0.15) is 11.1 Å². The van der Waals surface area contributed by atoms with Gasteiger partial charge in [-0.2, -0.15) is 0 Å². The zero-order chi connectivity index (χ0) is 22.2. The lowest BCUT2D eigenvalue weighted by atomic mass is 10.1. The van der Waals surface area contributed by atoms with Crippen LogP contribution in [0.15, 0.2) is 42.5 Å². The molecule has 31 heavy (non-hydrogen) atoms. The van der Waals surface area contributed by atoms with Crippen LogP contribution in [0.3, 0.4) is 0 Å². The summed E-state index contributed by atoms with van der Waals surface area (Å²) in [6.45, 7) is 1.70. The Kier molecular flexibility index (Phi) is 7.82. The molecule has 0 spiro atoms. The smallest absolute Gasteiger partial charge is 0.246 e. The van der Waals surface area contributed by atoms with E-state index in [4.69, 9.17) is 37.0 Å². The van der Waals surface area contributed by atoms with Gasteiger partial charge in [0.15, 0.2) is 11.5 Å². The summed E-state index contributed by atoms with van der Waals surface area (Å²) < 4.78 is 22.1. The summed E-state index contributed by atoms with van der Waals surface area (Å²) in [4.78, 5) is 14.4. The SMILES string of the molecule is C#Cc1cccc(OCC2CN(C(=O)C=Cc3ccc(OC)c(OC)c3Cl)CCO2)c1. The fourth-order valence-electron chi connectivity index (χ4n) is 3.18. The first-order chi connectivity index (χ1) is 15.0. The molecule has 162 valence electrons. The highest BCUT2D eigenvalue weighted by molar-refractivity contribution is 6.33. The number of rotatable bonds is 7. The minimum atomic E-state index is -0.231. The van der Waals surface area contributed by atoms with Gasteiger partial charge in [-0.25, -0.2) is 0 Å². The first kappa shape index (κ1) is 22.5. The normalized spacial score (nSPS) is 16.1. The van der Waals surface area contributed by atoms with E-state index in [2.05, 4.69) is 5.92 Å². The Morgan fingerprint density at radius 1 is 1.32 bits per heavy atom. The molecule has 1 aliphatic heterocycles. The van der Waals surface area contributed by atoms with Gasteiger partial charge in [0, 0.05) is 18.2 Å². The molecule has 2 aromatic rings. The van der Waals surface area contributed by atoms with Crippen LogP contribution in [0.25, 0.3) is 6.08 Å². The predicted molar refractivity (Wildman–Crippen MR) is 120 cm³/mol. The molecule has 1 heterocycles. The molecular weight excluding hydrogens is 418 g/mol. The number of halogens is 1. The second-order valence-corrected chi connectivity index (χ2v) is 7.18. The third-order valence-electron chi connectivity index (χ3n) is 4.81. The molecule has 1 saturated heterocycles. The highest BCUT2D eigenvalue weighted by atomic mass is 35.5. The summed E-state index contributed by atoms with van der Waals surface area (Å²) in [5.41, 5.74) is 1.41. The Bertz CT molecular complexity index is 998. The van der Waals surface area contributed by atoms with Gasteiger partial charge in [0.2, 0.25) is 5.91 Å². The van der Waals surface area contributed by atoms with E-state index in [0.29, 0.717) is 54.1 Å². The molecule has 2 aromatic carbocycles. The Labute approximate surface area is 187 Å². The van der Waals surface area contributed by atoms with Gasteiger partial charge in [-0.15, -0.1) is 6.42 Å². The van der Waals surface area contributed by atoms with Crippen molar-refractivity contribution in [2.24, 2.45) is 0 Å². The van der Waals surface area contributed by atoms with Crippen LogP contribution in [0.4, 0.5) is 0 Å². The molecule has 0 aromatic heterocycles. The van der Waals surface area contributed by atoms with E-state index in [9.17, 15) is 4.79 Å². The van der Waals surface area contributed by atoms with Crippen LogP contribution in [0, 0.1) is 12.3 Å². The number of benzene rings is 2. The largest absolute Gasteiger partial charge is 0.493 e. The van der Waals surface area contributed by atoms with Gasteiger partial charge < -0.3 is 23.8 Å². The number of carbonyl (C=O) groups excluding carboxylic acids is 1. The van der Waals surface area contributed by atoms with Crippen LogP contribution in [-0.4, -0.2) is 57.4 Å². The molecule has 1 unspecified atom stereocenters. The van der Waals surface area contributed by atoms with Gasteiger partial charge in [0.05, 0.1) is 32.4 Å². The van der Waals surface area contributed by atoms with Crippen molar-refractivity contribution >= 4 is 23.6 Å². The predicted octanol–water partition coefficient (Wildman–Crippen LogP) is 3.66. The third-order valence-corrected chi connectivity index (χ3v) is 5.20. The standard InChI is InChI=1S/C24H24ClNO5/c1-4-17-6-5-7-19(14-17)31-16-20-15-26(12-13-30-20)22(27)11-9-18-8-10-21(28-2)24(29-3)23(18)25/h1,5-11,14,20H,12-13,15-16H2,2-3H3. The second kappa shape index (κ2) is 10.8. The number of morpholine rings is 1. The lowest BCUT2D eigenvalue weighted by Crippen LogP contribution is -2.47. The number of amides is 1. The first-order valence-corrected chi connectivity index (χ1v) is 10.1. The van der Waals surface area contributed by atoms with Crippen molar-refractivity contribution in [3.05, 3.63) is 58.6 Å². The lowest BCUT2D eigenvalue weighted by Gasteiger charge is -2.32. The van der Waals surface area contributed by atoms with Gasteiger partial charge in [-0.05, 0) is 42.0 Å². The maximum absolute atomic E-state index is 12.7. The van der Waals surface area contributed by atoms with Crippen molar-refractivity contribution in [1.82, 2.24) is 4.90 Å². The summed E-state index contributed by atoms with van der Waals surface area (Å²) in [5, 5.41) is 0.383. The highest BCUT2D eigenvalue weighted by Gasteiger charge is 2.23. The molecule has 0 aliphatic carbocycles. The van der Waals surface area contributed by atoms with Crippen LogP contribution >= 0.6 is 11.6 Å². The van der Waals surface area contributed by atoms with Gasteiger partial charge >= 0.3 is 0 Å². The van der Waals surface area contributed by atoms with E-state index < -0.39 is 0 Å². The Morgan fingerprint density at radius 3 is 2.90 bits per heavy atom. The van der Waals surface area contributed by atoms with Gasteiger partial charge in [-0.1, -0.05) is 23.6 Å². The van der Waals surface area contributed by atoms with E-state index in [0.717, 1.165) is 5.56 Å². The fourth-order valence-corrected chi connectivity index (χ4v) is 3.48. The highest BCUT2D eigenvalue weighted by Crippen LogP contribution is 2.37. The maximum Gasteiger partial charge on any atom is 0.246 e. The zero-order valence-corrected chi connectivity index (χ0v) is 18.2. The minimum absolute atomic E-state index is 0.131.